The highest BCUT2D eigenvalue weighted by Crippen LogP contribution is 2.19. The van der Waals surface area contributed by atoms with Crippen molar-refractivity contribution in [2.45, 2.75) is 26.4 Å². The van der Waals surface area contributed by atoms with Gasteiger partial charge in [0.2, 0.25) is 17.6 Å². The van der Waals surface area contributed by atoms with Gasteiger partial charge in [-0.25, -0.2) is 0 Å². The molecule has 1 aromatic heterocycles. The summed E-state index contributed by atoms with van der Waals surface area (Å²) in [6, 6.07) is 6.58. The van der Waals surface area contributed by atoms with Crippen molar-refractivity contribution in [1.29, 1.82) is 0 Å². The van der Waals surface area contributed by atoms with Crippen molar-refractivity contribution < 1.29 is 9.32 Å². The fraction of sp³-hybridized carbons (Fsp3) is 0.357. The molecule has 0 saturated heterocycles. The number of nitrogens with one attached hydrogen (secondary N) is 1. The van der Waals surface area contributed by atoms with Crippen LogP contribution in [0.3, 0.4) is 0 Å². The molecule has 0 spiro atoms. The van der Waals surface area contributed by atoms with E-state index >= 15 is 0 Å². The lowest BCUT2D eigenvalue weighted by molar-refractivity contribution is -0.123. The van der Waals surface area contributed by atoms with Crippen LogP contribution in [0, 0.1) is 5.92 Å². The summed E-state index contributed by atoms with van der Waals surface area (Å²) in [5.41, 5.74) is 6.50. The molecule has 0 saturated carbocycles. The van der Waals surface area contributed by atoms with Crippen molar-refractivity contribution in [1.82, 2.24) is 15.5 Å². The molecule has 0 radical (unpaired) electrons. The summed E-state index contributed by atoms with van der Waals surface area (Å²) >= 11 is 5.91. The van der Waals surface area contributed by atoms with Gasteiger partial charge in [-0.15, -0.1) is 0 Å². The Bertz CT molecular complexity index is 627. The van der Waals surface area contributed by atoms with Crippen LogP contribution in [-0.2, 0) is 11.3 Å². The van der Waals surface area contributed by atoms with Crippen LogP contribution >= 0.6 is 11.6 Å². The molecule has 1 aromatic carbocycles. The Hall–Kier alpha value is -1.92. The first-order chi connectivity index (χ1) is 9.97. The van der Waals surface area contributed by atoms with Crippen molar-refractivity contribution in [2.75, 3.05) is 0 Å². The number of carbonyl (C=O) groups excluding carboxylic acids is 1. The highest BCUT2D eigenvalue weighted by molar-refractivity contribution is 6.30. The van der Waals surface area contributed by atoms with Crippen molar-refractivity contribution in [3.63, 3.8) is 0 Å². The molecule has 21 heavy (non-hydrogen) atoms. The van der Waals surface area contributed by atoms with Crippen molar-refractivity contribution >= 4 is 17.5 Å². The Balaban J connectivity index is 1.99. The first-order valence-electron chi connectivity index (χ1n) is 6.59. The molecule has 1 atom stereocenters. The van der Waals surface area contributed by atoms with Crippen LogP contribution in [0.25, 0.3) is 11.4 Å². The minimum absolute atomic E-state index is 0.0645. The van der Waals surface area contributed by atoms with E-state index in [0.717, 1.165) is 5.56 Å². The van der Waals surface area contributed by atoms with E-state index in [9.17, 15) is 4.79 Å². The maximum atomic E-state index is 11.7. The standard InChI is InChI=1S/C14H17ClN4O2/c1-8(2)12(16)14(20)17-7-11-18-13(19-21-11)9-4-3-5-10(15)6-9/h3-6,8,12H,7,16H2,1-2H3,(H,17,20)/t12-/m0/s1. The average Bonchev–Trinajstić information content (AvgIpc) is 2.92. The maximum absolute atomic E-state index is 11.7. The number of benzene rings is 1. The third-order valence-electron chi connectivity index (χ3n) is 2.99. The molecule has 0 fully saturated rings. The summed E-state index contributed by atoms with van der Waals surface area (Å²) in [7, 11) is 0. The molecule has 1 amide bonds. The average molecular weight is 309 g/mol. The van der Waals surface area contributed by atoms with E-state index in [1.165, 1.54) is 0 Å². The zero-order chi connectivity index (χ0) is 15.4. The monoisotopic (exact) mass is 308 g/mol. The molecular formula is C14H17ClN4O2. The summed E-state index contributed by atoms with van der Waals surface area (Å²) in [5, 5.41) is 7.12. The molecule has 0 aliphatic carbocycles. The largest absolute Gasteiger partial charge is 0.346 e. The van der Waals surface area contributed by atoms with Gasteiger partial charge in [0.15, 0.2) is 0 Å². The fourth-order valence-electron chi connectivity index (χ4n) is 1.65. The number of nitrogens with two attached hydrogens (primary N) is 1. The van der Waals surface area contributed by atoms with E-state index in [1.54, 1.807) is 18.2 Å². The zero-order valence-corrected chi connectivity index (χ0v) is 12.6. The van der Waals surface area contributed by atoms with Crippen LogP contribution in [0.4, 0.5) is 0 Å². The normalized spacial score (nSPS) is 12.4. The van der Waals surface area contributed by atoms with Crippen LogP contribution < -0.4 is 11.1 Å². The molecular weight excluding hydrogens is 292 g/mol. The van der Waals surface area contributed by atoms with Crippen LogP contribution in [0.15, 0.2) is 28.8 Å². The molecule has 6 nitrogen and oxygen atoms in total. The quantitative estimate of drug-likeness (QED) is 0.881. The topological polar surface area (TPSA) is 94.0 Å². The number of aromatic nitrogens is 2. The molecule has 112 valence electrons. The second-order valence-corrected chi connectivity index (χ2v) is 5.45. The second-order valence-electron chi connectivity index (χ2n) is 5.01. The van der Waals surface area contributed by atoms with Gasteiger partial charge >= 0.3 is 0 Å². The van der Waals surface area contributed by atoms with Gasteiger partial charge < -0.3 is 15.6 Å². The summed E-state index contributed by atoms with van der Waals surface area (Å²) < 4.78 is 5.09. The molecule has 2 rings (SSSR count). The van der Waals surface area contributed by atoms with Gasteiger partial charge in [0.25, 0.3) is 0 Å². The van der Waals surface area contributed by atoms with Gasteiger partial charge in [0.1, 0.15) is 0 Å². The Morgan fingerprint density at radius 1 is 1.48 bits per heavy atom. The number of hydrogen-bond donors (Lipinski definition) is 2. The van der Waals surface area contributed by atoms with Gasteiger partial charge in [-0.2, -0.15) is 4.98 Å². The Morgan fingerprint density at radius 3 is 2.90 bits per heavy atom. The van der Waals surface area contributed by atoms with Crippen molar-refractivity contribution in [3.8, 4) is 11.4 Å². The van der Waals surface area contributed by atoms with Gasteiger partial charge in [-0.3, -0.25) is 4.79 Å². The predicted molar refractivity (Wildman–Crippen MR) is 79.4 cm³/mol. The Labute approximate surface area is 127 Å². The van der Waals surface area contributed by atoms with Crippen LogP contribution in [0.2, 0.25) is 5.02 Å². The minimum Gasteiger partial charge on any atom is -0.346 e. The van der Waals surface area contributed by atoms with E-state index < -0.39 is 6.04 Å². The molecule has 0 aliphatic rings. The van der Waals surface area contributed by atoms with Crippen LogP contribution in [-0.4, -0.2) is 22.1 Å². The van der Waals surface area contributed by atoms with Crippen LogP contribution in [0.1, 0.15) is 19.7 Å². The predicted octanol–water partition coefficient (Wildman–Crippen LogP) is 1.99. The van der Waals surface area contributed by atoms with Crippen molar-refractivity contribution in [2.24, 2.45) is 11.7 Å². The van der Waals surface area contributed by atoms with Gasteiger partial charge in [0, 0.05) is 10.6 Å². The van der Waals surface area contributed by atoms with Gasteiger partial charge in [-0.1, -0.05) is 42.7 Å². The number of halogens is 1. The summed E-state index contributed by atoms with van der Waals surface area (Å²) in [6.45, 7) is 3.91. The molecule has 1 heterocycles. The summed E-state index contributed by atoms with van der Waals surface area (Å²) in [6.07, 6.45) is 0. The number of hydrogen-bond acceptors (Lipinski definition) is 5. The zero-order valence-electron chi connectivity index (χ0n) is 11.8. The van der Waals surface area contributed by atoms with Gasteiger partial charge in [0.05, 0.1) is 12.6 Å². The highest BCUT2D eigenvalue weighted by atomic mass is 35.5. The fourth-order valence-corrected chi connectivity index (χ4v) is 1.85. The molecule has 0 unspecified atom stereocenters. The van der Waals surface area contributed by atoms with E-state index in [2.05, 4.69) is 15.5 Å². The Morgan fingerprint density at radius 2 is 2.24 bits per heavy atom. The molecule has 3 N–H and O–H groups in total. The lowest BCUT2D eigenvalue weighted by Gasteiger charge is -2.14. The lowest BCUT2D eigenvalue weighted by Crippen LogP contribution is -2.43. The van der Waals surface area contributed by atoms with Crippen LogP contribution in [0.5, 0.6) is 0 Å². The van der Waals surface area contributed by atoms with Gasteiger partial charge in [-0.05, 0) is 18.1 Å². The minimum atomic E-state index is -0.555. The molecule has 7 heteroatoms. The highest BCUT2D eigenvalue weighted by Gasteiger charge is 2.18. The summed E-state index contributed by atoms with van der Waals surface area (Å²) in [5.74, 6) is 0.561. The number of nitrogens with zero attached hydrogens (tertiary/aromatic N) is 2. The van der Waals surface area contributed by atoms with Crippen molar-refractivity contribution in [3.05, 3.63) is 35.2 Å². The van der Waals surface area contributed by atoms with E-state index in [1.807, 2.05) is 19.9 Å². The lowest BCUT2D eigenvalue weighted by atomic mass is 10.1. The van der Waals surface area contributed by atoms with E-state index in [4.69, 9.17) is 21.9 Å². The molecule has 0 aliphatic heterocycles. The first-order valence-corrected chi connectivity index (χ1v) is 6.97. The summed E-state index contributed by atoms with van der Waals surface area (Å²) in [4.78, 5) is 15.9. The number of carbonyl (C=O) groups is 1. The number of amides is 1. The molecule has 2 aromatic rings. The SMILES string of the molecule is CC(C)[C@H](N)C(=O)NCc1nc(-c2cccc(Cl)c2)no1. The first kappa shape index (κ1) is 15.5. The second kappa shape index (κ2) is 6.69. The smallest absolute Gasteiger partial charge is 0.246 e. The van der Waals surface area contributed by atoms with E-state index in [0.29, 0.717) is 16.7 Å². The Kier molecular flexibility index (Phi) is 4.93. The number of rotatable bonds is 5. The third kappa shape index (κ3) is 4.03. The van der Waals surface area contributed by atoms with E-state index in [-0.39, 0.29) is 18.4 Å². The molecule has 0 bridgehead atoms. The third-order valence-corrected chi connectivity index (χ3v) is 3.22. The maximum Gasteiger partial charge on any atom is 0.246 e.